The summed E-state index contributed by atoms with van der Waals surface area (Å²) in [4.78, 5) is 0. The first-order valence-electron chi connectivity index (χ1n) is 18.2. The van der Waals surface area contributed by atoms with E-state index >= 15 is 0 Å². The maximum atomic E-state index is 6.60. The van der Waals surface area contributed by atoms with Crippen molar-refractivity contribution in [3.8, 4) is 67.1 Å². The zero-order chi connectivity index (χ0) is 34.6. The molecular formula is C51H34O. The second-order valence-corrected chi connectivity index (χ2v) is 14.8. The van der Waals surface area contributed by atoms with Crippen LogP contribution in [-0.4, -0.2) is 0 Å². The highest BCUT2D eigenvalue weighted by atomic mass is 16.5. The van der Waals surface area contributed by atoms with Crippen molar-refractivity contribution in [3.63, 3.8) is 0 Å². The molecule has 0 bridgehead atoms. The van der Waals surface area contributed by atoms with Gasteiger partial charge in [0.1, 0.15) is 11.5 Å². The number of fused-ring (bicyclic) bond motifs is 8. The van der Waals surface area contributed by atoms with Gasteiger partial charge in [-0.1, -0.05) is 159 Å². The molecule has 0 saturated heterocycles. The molecule has 1 heterocycles. The maximum Gasteiger partial charge on any atom is 0.135 e. The summed E-state index contributed by atoms with van der Waals surface area (Å²) in [5.74, 6) is 1.81. The van der Waals surface area contributed by atoms with Gasteiger partial charge in [-0.2, -0.15) is 0 Å². The van der Waals surface area contributed by atoms with Crippen molar-refractivity contribution < 1.29 is 4.74 Å². The lowest BCUT2D eigenvalue weighted by Crippen LogP contribution is -2.15. The predicted molar refractivity (Wildman–Crippen MR) is 218 cm³/mol. The van der Waals surface area contributed by atoms with E-state index in [1.165, 1.54) is 93.5 Å². The Labute approximate surface area is 303 Å². The summed E-state index contributed by atoms with van der Waals surface area (Å²) >= 11 is 0. The number of hydrogen-bond acceptors (Lipinski definition) is 1. The molecule has 0 amide bonds. The minimum Gasteiger partial charge on any atom is -0.456 e. The molecule has 0 saturated carbocycles. The number of hydrogen-bond donors (Lipinski definition) is 0. The zero-order valence-electron chi connectivity index (χ0n) is 29.1. The Morgan fingerprint density at radius 2 is 1.02 bits per heavy atom. The average molecular weight is 663 g/mol. The van der Waals surface area contributed by atoms with Crippen LogP contribution in [0.3, 0.4) is 0 Å². The van der Waals surface area contributed by atoms with Gasteiger partial charge in [0.15, 0.2) is 0 Å². The highest BCUT2D eigenvalue weighted by molar-refractivity contribution is 6.15. The summed E-state index contributed by atoms with van der Waals surface area (Å²) in [5, 5.41) is 7.50. The van der Waals surface area contributed by atoms with E-state index < -0.39 is 0 Å². The maximum absolute atomic E-state index is 6.60. The van der Waals surface area contributed by atoms with Crippen LogP contribution in [0.5, 0.6) is 11.5 Å². The Balaban J connectivity index is 1.06. The van der Waals surface area contributed by atoms with Crippen molar-refractivity contribution in [1.82, 2.24) is 0 Å². The van der Waals surface area contributed by atoms with Crippen LogP contribution >= 0.6 is 0 Å². The third-order valence-electron chi connectivity index (χ3n) is 11.7. The fourth-order valence-electron chi connectivity index (χ4n) is 9.14. The topological polar surface area (TPSA) is 9.23 Å². The number of ether oxygens (including phenoxy) is 1. The van der Waals surface area contributed by atoms with Crippen LogP contribution in [-0.2, 0) is 5.41 Å². The third-order valence-corrected chi connectivity index (χ3v) is 11.7. The summed E-state index contributed by atoms with van der Waals surface area (Å²) in [6.45, 7) is 4.75. The fourth-order valence-corrected chi connectivity index (χ4v) is 9.14. The fraction of sp³-hybridized carbons (Fsp3) is 0.0588. The molecule has 52 heavy (non-hydrogen) atoms. The molecule has 0 aromatic heterocycles. The molecule has 0 radical (unpaired) electrons. The molecule has 2 aliphatic rings. The Morgan fingerprint density at radius 1 is 0.365 bits per heavy atom. The molecule has 1 heteroatoms. The van der Waals surface area contributed by atoms with Gasteiger partial charge in [0, 0.05) is 16.4 Å². The van der Waals surface area contributed by atoms with Crippen molar-refractivity contribution in [2.75, 3.05) is 0 Å². The van der Waals surface area contributed by atoms with E-state index in [0.717, 1.165) is 17.1 Å². The lowest BCUT2D eigenvalue weighted by atomic mass is 9.81. The van der Waals surface area contributed by atoms with Crippen LogP contribution in [0, 0.1) is 0 Å². The minimum atomic E-state index is -0.0909. The first-order valence-corrected chi connectivity index (χ1v) is 18.2. The number of rotatable bonds is 3. The highest BCUT2D eigenvalue weighted by Gasteiger charge is 2.36. The second-order valence-electron chi connectivity index (χ2n) is 14.8. The van der Waals surface area contributed by atoms with E-state index in [0.29, 0.717) is 0 Å². The highest BCUT2D eigenvalue weighted by Crippen LogP contribution is 2.53. The molecule has 1 aliphatic carbocycles. The van der Waals surface area contributed by atoms with Gasteiger partial charge in [0.2, 0.25) is 0 Å². The smallest absolute Gasteiger partial charge is 0.135 e. The molecule has 0 spiro atoms. The van der Waals surface area contributed by atoms with Gasteiger partial charge in [0.25, 0.3) is 0 Å². The zero-order valence-corrected chi connectivity index (χ0v) is 29.1. The first kappa shape index (κ1) is 29.3. The Hall–Kier alpha value is -6.44. The SMILES string of the molecule is CC1(C)c2cc(-c3ccc(-c4ccc5c6c(cccc46)-c4cc(-c6ccccc6)ccc4O5)c4ccccc34)ccc2-c2c1ccc1ccccc21. The van der Waals surface area contributed by atoms with Gasteiger partial charge in [-0.25, -0.2) is 0 Å². The Kier molecular flexibility index (Phi) is 6.08. The normalized spacial score (nSPS) is 13.5. The lowest BCUT2D eigenvalue weighted by molar-refractivity contribution is 0.487. The van der Waals surface area contributed by atoms with Crippen LogP contribution < -0.4 is 4.74 Å². The van der Waals surface area contributed by atoms with E-state index in [2.05, 4.69) is 184 Å². The Bertz CT molecular complexity index is 2950. The van der Waals surface area contributed by atoms with E-state index in [1.54, 1.807) is 0 Å². The molecule has 11 rings (SSSR count). The molecule has 244 valence electrons. The van der Waals surface area contributed by atoms with Crippen LogP contribution in [0.1, 0.15) is 25.0 Å². The molecule has 1 nitrogen and oxygen atoms in total. The average Bonchev–Trinajstić information content (AvgIpc) is 3.43. The summed E-state index contributed by atoms with van der Waals surface area (Å²) < 4.78 is 6.60. The van der Waals surface area contributed by atoms with Gasteiger partial charge in [0.05, 0.1) is 0 Å². The molecule has 0 unspecified atom stereocenters. The first-order chi connectivity index (χ1) is 25.5. The minimum absolute atomic E-state index is 0.0909. The third kappa shape index (κ3) is 4.11. The molecule has 9 aromatic carbocycles. The summed E-state index contributed by atoms with van der Waals surface area (Å²) in [5.41, 5.74) is 15.1. The second kappa shape index (κ2) is 10.8. The number of benzene rings is 9. The van der Waals surface area contributed by atoms with E-state index in [1.807, 2.05) is 0 Å². The molecule has 9 aromatic rings. The van der Waals surface area contributed by atoms with E-state index in [9.17, 15) is 0 Å². The van der Waals surface area contributed by atoms with Gasteiger partial charge >= 0.3 is 0 Å². The molecule has 0 atom stereocenters. The van der Waals surface area contributed by atoms with Crippen LogP contribution in [0.4, 0.5) is 0 Å². The van der Waals surface area contributed by atoms with Crippen molar-refractivity contribution in [2.45, 2.75) is 19.3 Å². The van der Waals surface area contributed by atoms with Gasteiger partial charge in [-0.15, -0.1) is 0 Å². The van der Waals surface area contributed by atoms with Crippen molar-refractivity contribution in [3.05, 3.63) is 181 Å². The summed E-state index contributed by atoms with van der Waals surface area (Å²) in [7, 11) is 0. The lowest BCUT2D eigenvalue weighted by Gasteiger charge is -2.24. The van der Waals surface area contributed by atoms with Crippen molar-refractivity contribution >= 4 is 32.3 Å². The van der Waals surface area contributed by atoms with E-state index in [4.69, 9.17) is 4.74 Å². The quantitative estimate of drug-likeness (QED) is 0.183. The van der Waals surface area contributed by atoms with Gasteiger partial charge in [-0.05, 0) is 112 Å². The van der Waals surface area contributed by atoms with Crippen molar-refractivity contribution in [1.29, 1.82) is 0 Å². The monoisotopic (exact) mass is 662 g/mol. The largest absolute Gasteiger partial charge is 0.456 e. The van der Waals surface area contributed by atoms with E-state index in [-0.39, 0.29) is 5.41 Å². The van der Waals surface area contributed by atoms with Crippen LogP contribution in [0.2, 0.25) is 0 Å². The van der Waals surface area contributed by atoms with Crippen LogP contribution in [0.15, 0.2) is 170 Å². The van der Waals surface area contributed by atoms with Crippen molar-refractivity contribution in [2.24, 2.45) is 0 Å². The van der Waals surface area contributed by atoms with Crippen LogP contribution in [0.25, 0.3) is 88.0 Å². The summed E-state index contributed by atoms with van der Waals surface area (Å²) in [6, 6.07) is 62.3. The predicted octanol–water partition coefficient (Wildman–Crippen LogP) is 14.2. The molecular weight excluding hydrogens is 629 g/mol. The standard InChI is InChI=1S/C51H34O/c1-51(2)45-26-20-32-13-6-7-14-36(32)49(45)43-22-19-34(30-46(43)51)35-23-24-39(38-16-9-8-15-37(35)38)40-25-28-48-50-41(40)17-10-18-42(50)44-29-33(21-27-47(44)52-48)31-11-4-3-5-12-31/h3-30H,1-2H3. The van der Waals surface area contributed by atoms with Gasteiger partial charge in [-0.3, -0.25) is 0 Å². The Morgan fingerprint density at radius 3 is 1.88 bits per heavy atom. The summed E-state index contributed by atoms with van der Waals surface area (Å²) in [6.07, 6.45) is 0. The van der Waals surface area contributed by atoms with Gasteiger partial charge < -0.3 is 4.74 Å². The molecule has 1 aliphatic heterocycles. The molecule has 0 fully saturated rings. The molecule has 0 N–H and O–H groups in total.